The molecule has 0 spiro atoms. The highest BCUT2D eigenvalue weighted by molar-refractivity contribution is 14.1. The molecule has 170 valence electrons. The van der Waals surface area contributed by atoms with Gasteiger partial charge in [-0.15, -0.1) is 0 Å². The number of pyridine rings is 1. The number of halogens is 1. The highest BCUT2D eigenvalue weighted by atomic mass is 125. The van der Waals surface area contributed by atoms with Gasteiger partial charge in [0, 0.05) is 28.9 Å². The van der Waals surface area contributed by atoms with Gasteiger partial charge in [0.2, 0.25) is 6.10 Å². The van der Waals surface area contributed by atoms with E-state index in [1.807, 2.05) is 22.6 Å². The highest BCUT2D eigenvalue weighted by Crippen LogP contribution is 2.08. The molecule has 31 heavy (non-hydrogen) atoms. The molecular weight excluding hydrogens is 523 g/mol. The number of aliphatic carboxylic acids is 2. The number of carbonyl (C=O) groups excluding carboxylic acids is 3. The number of unbranched alkanes of at least 4 members (excludes halogenated alkanes) is 1. The number of Topliss-reactive ketones (excluding diaryl/α,β-unsaturated/α-hetero) is 1. The number of nitrogens with zero attached hydrogens (tertiary/aromatic N) is 1. The van der Waals surface area contributed by atoms with E-state index in [1.165, 1.54) is 13.1 Å². The summed E-state index contributed by atoms with van der Waals surface area (Å²) in [5.74, 6) is -3.25. The Labute approximate surface area is 192 Å². The lowest BCUT2D eigenvalue weighted by atomic mass is 10.1. The molecule has 1 rings (SSSR count). The van der Waals surface area contributed by atoms with E-state index in [4.69, 9.17) is 9.84 Å². The zero-order valence-electron chi connectivity index (χ0n) is 16.8. The SMILES string of the molecule is CC(=O)[C@H](CCC(=O)O)NC(=O)O[C@@H](CCCCNC(=O)c1cncc([125I])c1)C(=O)O. The normalized spacial score (nSPS) is 12.3. The van der Waals surface area contributed by atoms with Crippen LogP contribution < -0.4 is 10.6 Å². The Kier molecular flexibility index (Phi) is 11.5. The second-order valence-electron chi connectivity index (χ2n) is 6.62. The van der Waals surface area contributed by atoms with Crippen LogP contribution >= 0.6 is 22.6 Å². The van der Waals surface area contributed by atoms with Crippen molar-refractivity contribution in [1.82, 2.24) is 15.6 Å². The van der Waals surface area contributed by atoms with Gasteiger partial charge < -0.3 is 25.6 Å². The maximum Gasteiger partial charge on any atom is 0.408 e. The fourth-order valence-electron chi connectivity index (χ4n) is 2.48. The summed E-state index contributed by atoms with van der Waals surface area (Å²) in [6.07, 6.45) is 0.837. The summed E-state index contributed by atoms with van der Waals surface area (Å²) < 4.78 is 5.68. The summed E-state index contributed by atoms with van der Waals surface area (Å²) in [5, 5.41) is 22.8. The van der Waals surface area contributed by atoms with E-state index in [1.54, 1.807) is 12.3 Å². The van der Waals surface area contributed by atoms with Gasteiger partial charge >= 0.3 is 18.0 Å². The molecule has 0 radical (unpaired) electrons. The number of hydrogen-bond donors (Lipinski definition) is 4. The van der Waals surface area contributed by atoms with Crippen LogP contribution in [-0.2, 0) is 19.1 Å². The van der Waals surface area contributed by atoms with Gasteiger partial charge in [0.15, 0.2) is 5.78 Å². The van der Waals surface area contributed by atoms with Crippen molar-refractivity contribution in [3.05, 3.63) is 27.6 Å². The third-order valence-corrected chi connectivity index (χ3v) is 4.69. The maximum absolute atomic E-state index is 12.0. The van der Waals surface area contributed by atoms with Crippen molar-refractivity contribution >= 4 is 52.3 Å². The van der Waals surface area contributed by atoms with Crippen LogP contribution in [0.2, 0.25) is 0 Å². The molecule has 1 aromatic rings. The third kappa shape index (κ3) is 10.7. The number of alkyl carbamates (subject to hydrolysis) is 1. The fraction of sp³-hybridized carbons (Fsp3) is 0.474. The minimum absolute atomic E-state index is 0.00325. The van der Waals surface area contributed by atoms with Crippen LogP contribution in [0.4, 0.5) is 4.79 Å². The molecule has 0 aliphatic rings. The number of rotatable bonds is 13. The molecule has 0 fully saturated rings. The van der Waals surface area contributed by atoms with Crippen LogP contribution in [0.25, 0.3) is 0 Å². The van der Waals surface area contributed by atoms with Gasteiger partial charge in [-0.2, -0.15) is 0 Å². The lowest BCUT2D eigenvalue weighted by molar-refractivity contribution is -0.147. The fourth-order valence-corrected chi connectivity index (χ4v) is 2.97. The van der Waals surface area contributed by atoms with E-state index in [-0.39, 0.29) is 25.2 Å². The number of hydrogen-bond acceptors (Lipinski definition) is 7. The van der Waals surface area contributed by atoms with E-state index < -0.39 is 36.0 Å². The number of amides is 2. The molecule has 1 aromatic heterocycles. The molecule has 0 bridgehead atoms. The van der Waals surface area contributed by atoms with Crippen molar-refractivity contribution in [2.45, 2.75) is 51.2 Å². The van der Waals surface area contributed by atoms with E-state index in [0.29, 0.717) is 24.9 Å². The highest BCUT2D eigenvalue weighted by Gasteiger charge is 2.25. The van der Waals surface area contributed by atoms with Crippen molar-refractivity contribution < 1.29 is 38.9 Å². The monoisotopic (exact) mass is 547 g/mol. The molecule has 2 amide bonds. The molecule has 2 atom stereocenters. The topological polar surface area (TPSA) is 172 Å². The van der Waals surface area contributed by atoms with Crippen LogP contribution in [0.15, 0.2) is 18.5 Å². The van der Waals surface area contributed by atoms with E-state index >= 15 is 0 Å². The number of aromatic nitrogens is 1. The second-order valence-corrected chi connectivity index (χ2v) is 7.86. The van der Waals surface area contributed by atoms with Gasteiger partial charge in [-0.25, -0.2) is 9.59 Å². The first-order valence-corrected chi connectivity index (χ1v) is 10.5. The van der Waals surface area contributed by atoms with Crippen molar-refractivity contribution in [1.29, 1.82) is 0 Å². The first kappa shape index (κ1) is 26.3. The van der Waals surface area contributed by atoms with Gasteiger partial charge in [0.05, 0.1) is 11.6 Å². The molecule has 0 saturated carbocycles. The Bertz CT molecular complexity index is 817. The van der Waals surface area contributed by atoms with Crippen LogP contribution in [0.1, 0.15) is 49.4 Å². The van der Waals surface area contributed by atoms with Gasteiger partial charge in [-0.1, -0.05) is 0 Å². The minimum Gasteiger partial charge on any atom is -0.481 e. The summed E-state index contributed by atoms with van der Waals surface area (Å²) in [6.45, 7) is 1.48. The Balaban J connectivity index is 2.42. The smallest absolute Gasteiger partial charge is 0.408 e. The molecule has 4 N–H and O–H groups in total. The number of carboxylic acid groups (broad SMARTS) is 2. The average Bonchev–Trinajstić information content (AvgIpc) is 2.69. The first-order valence-electron chi connectivity index (χ1n) is 9.41. The van der Waals surface area contributed by atoms with Crippen LogP contribution in [0, 0.1) is 3.57 Å². The van der Waals surface area contributed by atoms with Gasteiger partial charge in [0.1, 0.15) is 0 Å². The minimum atomic E-state index is -1.44. The van der Waals surface area contributed by atoms with Gasteiger partial charge in [0.25, 0.3) is 5.91 Å². The van der Waals surface area contributed by atoms with E-state index in [9.17, 15) is 29.1 Å². The molecule has 0 saturated heterocycles. The van der Waals surface area contributed by atoms with Crippen molar-refractivity contribution in [2.75, 3.05) is 6.54 Å². The summed E-state index contributed by atoms with van der Waals surface area (Å²) in [7, 11) is 0. The van der Waals surface area contributed by atoms with Gasteiger partial charge in [-0.3, -0.25) is 19.4 Å². The van der Waals surface area contributed by atoms with E-state index in [0.717, 1.165) is 3.57 Å². The Morgan fingerprint density at radius 2 is 1.84 bits per heavy atom. The number of carboxylic acids is 2. The molecule has 11 nitrogen and oxygen atoms in total. The van der Waals surface area contributed by atoms with Crippen LogP contribution in [0.3, 0.4) is 0 Å². The van der Waals surface area contributed by atoms with Crippen LogP contribution in [-0.4, -0.2) is 63.6 Å². The predicted molar refractivity (Wildman–Crippen MR) is 116 cm³/mol. The molecular formula is C19H24IN3O8. The molecule has 0 unspecified atom stereocenters. The summed E-state index contributed by atoms with van der Waals surface area (Å²) in [4.78, 5) is 61.3. The largest absolute Gasteiger partial charge is 0.481 e. The summed E-state index contributed by atoms with van der Waals surface area (Å²) >= 11 is 2.04. The molecule has 0 aromatic carbocycles. The number of ether oxygens (including phenoxy) is 1. The molecule has 0 aliphatic carbocycles. The summed E-state index contributed by atoms with van der Waals surface area (Å²) in [6, 6.07) is 0.601. The molecule has 12 heteroatoms. The maximum atomic E-state index is 12.0. The molecule has 1 heterocycles. The number of carbonyl (C=O) groups is 5. The predicted octanol–water partition coefficient (Wildman–Crippen LogP) is 1.59. The zero-order valence-corrected chi connectivity index (χ0v) is 19.0. The Morgan fingerprint density at radius 1 is 1.13 bits per heavy atom. The van der Waals surface area contributed by atoms with Crippen molar-refractivity contribution in [3.8, 4) is 0 Å². The quantitative estimate of drug-likeness (QED) is 0.211. The zero-order chi connectivity index (χ0) is 23.4. The lowest BCUT2D eigenvalue weighted by Crippen LogP contribution is -2.42. The average molecular weight is 547 g/mol. The third-order valence-electron chi connectivity index (χ3n) is 4.10. The number of ketones is 1. The molecule has 0 aliphatic heterocycles. The second kappa shape index (κ2) is 13.5. The lowest BCUT2D eigenvalue weighted by Gasteiger charge is -2.18. The van der Waals surface area contributed by atoms with Crippen molar-refractivity contribution in [3.63, 3.8) is 0 Å². The Hall–Kier alpha value is -2.77. The number of nitrogens with one attached hydrogen (secondary N) is 2. The van der Waals surface area contributed by atoms with Crippen molar-refractivity contribution in [2.24, 2.45) is 0 Å². The Morgan fingerprint density at radius 3 is 2.42 bits per heavy atom. The van der Waals surface area contributed by atoms with Gasteiger partial charge in [-0.05, 0) is 61.3 Å². The first-order chi connectivity index (χ1) is 14.6. The standard InChI is InChI=1S/C19H24IN3O8/c1-11(24)14(5-6-16(25)26)23-19(30)31-15(18(28)29)4-2-3-7-22-17(27)12-8-13(20)10-21-9-12/h8-10,14-15H,2-7H2,1H3,(H,22,27)(H,23,30)(H,25,26)(H,28,29)/t14-,15-/m0/s1/i20-2. The van der Waals surface area contributed by atoms with E-state index in [2.05, 4.69) is 15.6 Å². The summed E-state index contributed by atoms with van der Waals surface area (Å²) in [5.41, 5.74) is 0.415. The van der Waals surface area contributed by atoms with Crippen LogP contribution in [0.5, 0.6) is 0 Å².